The van der Waals surface area contributed by atoms with Gasteiger partial charge in [-0.2, -0.15) is 0 Å². The van der Waals surface area contributed by atoms with Crippen molar-refractivity contribution in [3.63, 3.8) is 0 Å². The average Bonchev–Trinajstić information content (AvgIpc) is 2.27. The lowest BCUT2D eigenvalue weighted by atomic mass is 9.81. The molecule has 0 heterocycles. The Balaban J connectivity index is 2.05. The highest BCUT2D eigenvalue weighted by Gasteiger charge is 2.25. The Kier molecular flexibility index (Phi) is 4.31. The first-order valence-corrected chi connectivity index (χ1v) is 7.03. The van der Waals surface area contributed by atoms with Gasteiger partial charge in [-0.25, -0.2) is 4.39 Å². The molecule has 0 radical (unpaired) electrons. The molecule has 0 amide bonds. The second-order valence-corrected chi connectivity index (χ2v) is 6.21. The summed E-state index contributed by atoms with van der Waals surface area (Å²) in [7, 11) is 0. The maximum Gasteiger partial charge on any atom is 0.304 e. The van der Waals surface area contributed by atoms with E-state index in [9.17, 15) is 9.18 Å². The summed E-state index contributed by atoms with van der Waals surface area (Å²) in [6, 6.07) is 4.74. The molecule has 1 aliphatic carbocycles. The maximum atomic E-state index is 14.0. The van der Waals surface area contributed by atoms with Gasteiger partial charge in [-0.15, -0.1) is 0 Å². The van der Waals surface area contributed by atoms with Crippen LogP contribution in [0.25, 0.3) is 0 Å². The first-order chi connectivity index (χ1) is 9.38. The van der Waals surface area contributed by atoms with Crippen LogP contribution in [0.1, 0.15) is 45.1 Å². The normalized spacial score (nSPS) is 15.8. The number of aliphatic carboxylic acids is 1. The van der Waals surface area contributed by atoms with E-state index >= 15 is 0 Å². The third-order valence-electron chi connectivity index (χ3n) is 4.01. The third kappa shape index (κ3) is 3.50. The number of ether oxygens (including phenoxy) is 1. The van der Waals surface area contributed by atoms with Crippen molar-refractivity contribution < 1.29 is 19.0 Å². The van der Waals surface area contributed by atoms with E-state index in [1.807, 2.05) is 0 Å². The van der Waals surface area contributed by atoms with Crippen molar-refractivity contribution in [2.24, 2.45) is 5.92 Å². The van der Waals surface area contributed by atoms with Crippen LogP contribution < -0.4 is 4.74 Å². The standard InChI is InChI=1S/C16H21FO3/c1-16(2,9-15(18)19)12-6-7-14(13(17)8-12)20-10-11-4-3-5-11/h6-8,11H,3-5,9-10H2,1-2H3,(H,18,19). The lowest BCUT2D eigenvalue weighted by Crippen LogP contribution is -2.22. The lowest BCUT2D eigenvalue weighted by Gasteiger charge is -2.26. The summed E-state index contributed by atoms with van der Waals surface area (Å²) in [5, 5.41) is 8.89. The van der Waals surface area contributed by atoms with Gasteiger partial charge < -0.3 is 9.84 Å². The van der Waals surface area contributed by atoms with E-state index in [1.54, 1.807) is 26.0 Å². The first kappa shape index (κ1) is 14.8. The van der Waals surface area contributed by atoms with Crippen molar-refractivity contribution in [2.45, 2.75) is 44.9 Å². The van der Waals surface area contributed by atoms with Gasteiger partial charge in [0.05, 0.1) is 13.0 Å². The molecule has 4 heteroatoms. The zero-order chi connectivity index (χ0) is 14.8. The lowest BCUT2D eigenvalue weighted by molar-refractivity contribution is -0.138. The van der Waals surface area contributed by atoms with Crippen LogP contribution in [0.3, 0.4) is 0 Å². The van der Waals surface area contributed by atoms with Crippen LogP contribution in [-0.4, -0.2) is 17.7 Å². The molecule has 0 unspecified atom stereocenters. The predicted octanol–water partition coefficient (Wildman–Crippen LogP) is 3.76. The van der Waals surface area contributed by atoms with Gasteiger partial charge in [0.2, 0.25) is 0 Å². The Morgan fingerprint density at radius 2 is 2.15 bits per heavy atom. The Morgan fingerprint density at radius 1 is 1.45 bits per heavy atom. The Morgan fingerprint density at radius 3 is 2.65 bits per heavy atom. The molecule has 0 aliphatic heterocycles. The summed E-state index contributed by atoms with van der Waals surface area (Å²) in [6.07, 6.45) is 3.52. The molecule has 0 saturated heterocycles. The number of halogens is 1. The SMILES string of the molecule is CC(C)(CC(=O)O)c1ccc(OCC2CCC2)c(F)c1. The molecule has 0 atom stereocenters. The maximum absolute atomic E-state index is 14.0. The van der Waals surface area contributed by atoms with Crippen LogP contribution in [0.15, 0.2) is 18.2 Å². The van der Waals surface area contributed by atoms with E-state index in [-0.39, 0.29) is 12.2 Å². The van der Waals surface area contributed by atoms with Crippen molar-refractivity contribution in [2.75, 3.05) is 6.61 Å². The average molecular weight is 280 g/mol. The fraction of sp³-hybridized carbons (Fsp3) is 0.562. The smallest absolute Gasteiger partial charge is 0.304 e. The number of carboxylic acids is 1. The number of carboxylic acid groups (broad SMARTS) is 1. The van der Waals surface area contributed by atoms with Crippen LogP contribution in [0.2, 0.25) is 0 Å². The monoisotopic (exact) mass is 280 g/mol. The van der Waals surface area contributed by atoms with Gasteiger partial charge in [-0.3, -0.25) is 4.79 Å². The fourth-order valence-corrected chi connectivity index (χ4v) is 2.39. The highest BCUT2D eigenvalue weighted by molar-refractivity contribution is 5.68. The zero-order valence-electron chi connectivity index (χ0n) is 12.0. The van der Waals surface area contributed by atoms with E-state index in [2.05, 4.69) is 0 Å². The van der Waals surface area contributed by atoms with E-state index < -0.39 is 17.2 Å². The molecular formula is C16H21FO3. The number of benzene rings is 1. The minimum absolute atomic E-state index is 0.0330. The number of hydrogen-bond donors (Lipinski definition) is 1. The van der Waals surface area contributed by atoms with E-state index in [1.165, 1.54) is 12.5 Å². The number of rotatable bonds is 6. The summed E-state index contributed by atoms with van der Waals surface area (Å²) in [5.74, 6) is -0.495. The van der Waals surface area contributed by atoms with E-state index in [4.69, 9.17) is 9.84 Å². The Hall–Kier alpha value is -1.58. The molecule has 2 rings (SSSR count). The largest absolute Gasteiger partial charge is 0.490 e. The highest BCUT2D eigenvalue weighted by atomic mass is 19.1. The van der Waals surface area contributed by atoms with Crippen LogP contribution in [0.5, 0.6) is 5.75 Å². The van der Waals surface area contributed by atoms with Gasteiger partial charge >= 0.3 is 5.97 Å². The quantitative estimate of drug-likeness (QED) is 0.863. The van der Waals surface area contributed by atoms with Crippen molar-refractivity contribution in [3.8, 4) is 5.75 Å². The molecule has 0 bridgehead atoms. The molecule has 1 saturated carbocycles. The summed E-state index contributed by atoms with van der Waals surface area (Å²) in [4.78, 5) is 10.8. The molecule has 3 nitrogen and oxygen atoms in total. The second-order valence-electron chi connectivity index (χ2n) is 6.21. The van der Waals surface area contributed by atoms with Gasteiger partial charge in [0.25, 0.3) is 0 Å². The Labute approximate surface area is 118 Å². The van der Waals surface area contributed by atoms with Gasteiger partial charge in [-0.1, -0.05) is 26.3 Å². The molecular weight excluding hydrogens is 259 g/mol. The van der Waals surface area contributed by atoms with Gasteiger partial charge in [0, 0.05) is 5.41 Å². The molecule has 1 N–H and O–H groups in total. The second kappa shape index (κ2) is 5.81. The molecule has 1 fully saturated rings. The van der Waals surface area contributed by atoms with Gasteiger partial charge in [-0.05, 0) is 36.5 Å². The van der Waals surface area contributed by atoms with E-state index in [0.717, 1.165) is 12.8 Å². The summed E-state index contributed by atoms with van der Waals surface area (Å²) in [5.41, 5.74) is 0.0764. The molecule has 0 spiro atoms. The molecule has 110 valence electrons. The number of hydrogen-bond acceptors (Lipinski definition) is 2. The third-order valence-corrected chi connectivity index (χ3v) is 4.01. The fourth-order valence-electron chi connectivity index (χ4n) is 2.39. The summed E-state index contributed by atoms with van der Waals surface area (Å²) < 4.78 is 19.5. The first-order valence-electron chi connectivity index (χ1n) is 7.03. The van der Waals surface area contributed by atoms with Crippen LogP contribution >= 0.6 is 0 Å². The molecule has 1 aromatic carbocycles. The van der Waals surface area contributed by atoms with Crippen LogP contribution in [-0.2, 0) is 10.2 Å². The predicted molar refractivity (Wildman–Crippen MR) is 74.5 cm³/mol. The molecule has 1 aromatic rings. The van der Waals surface area contributed by atoms with Crippen LogP contribution in [0, 0.1) is 11.7 Å². The van der Waals surface area contributed by atoms with Crippen molar-refractivity contribution in [3.05, 3.63) is 29.6 Å². The van der Waals surface area contributed by atoms with Gasteiger partial charge in [0.15, 0.2) is 11.6 Å². The Bertz CT molecular complexity index is 492. The number of carbonyl (C=O) groups is 1. The summed E-state index contributed by atoms with van der Waals surface area (Å²) >= 11 is 0. The molecule has 0 aromatic heterocycles. The van der Waals surface area contributed by atoms with E-state index in [0.29, 0.717) is 18.1 Å². The van der Waals surface area contributed by atoms with Crippen molar-refractivity contribution in [1.29, 1.82) is 0 Å². The summed E-state index contributed by atoms with van der Waals surface area (Å²) in [6.45, 7) is 4.16. The highest BCUT2D eigenvalue weighted by Crippen LogP contribution is 2.31. The molecule has 20 heavy (non-hydrogen) atoms. The van der Waals surface area contributed by atoms with Crippen molar-refractivity contribution >= 4 is 5.97 Å². The minimum Gasteiger partial charge on any atom is -0.490 e. The zero-order valence-corrected chi connectivity index (χ0v) is 12.0. The topological polar surface area (TPSA) is 46.5 Å². The van der Waals surface area contributed by atoms with Crippen LogP contribution in [0.4, 0.5) is 4.39 Å². The molecule has 1 aliphatic rings. The van der Waals surface area contributed by atoms with Crippen molar-refractivity contribution in [1.82, 2.24) is 0 Å². The minimum atomic E-state index is -0.888. The van der Waals surface area contributed by atoms with Gasteiger partial charge in [0.1, 0.15) is 0 Å².